The SMILES string of the molecule is [CH2]CC(=O)N(C)c1ccc(S(=O)(=O)O)cc1. The summed E-state index contributed by atoms with van der Waals surface area (Å²) in [6.07, 6.45) is 0.122. The summed E-state index contributed by atoms with van der Waals surface area (Å²) in [5.41, 5.74) is 0.543. The summed E-state index contributed by atoms with van der Waals surface area (Å²) in [4.78, 5) is 12.4. The van der Waals surface area contributed by atoms with Crippen molar-refractivity contribution in [1.82, 2.24) is 0 Å². The highest BCUT2D eigenvalue weighted by Gasteiger charge is 2.12. The predicted molar refractivity (Wildman–Crippen MR) is 59.6 cm³/mol. The van der Waals surface area contributed by atoms with Gasteiger partial charge in [0.1, 0.15) is 0 Å². The van der Waals surface area contributed by atoms with Gasteiger partial charge in [0, 0.05) is 19.2 Å². The largest absolute Gasteiger partial charge is 0.316 e. The molecule has 0 unspecified atom stereocenters. The minimum absolute atomic E-state index is 0.122. The zero-order chi connectivity index (χ0) is 12.3. The van der Waals surface area contributed by atoms with Crippen LogP contribution in [0.25, 0.3) is 0 Å². The highest BCUT2D eigenvalue weighted by Crippen LogP contribution is 2.17. The van der Waals surface area contributed by atoms with Crippen molar-refractivity contribution in [2.24, 2.45) is 0 Å². The molecule has 0 aliphatic rings. The summed E-state index contributed by atoms with van der Waals surface area (Å²) < 4.78 is 30.3. The van der Waals surface area contributed by atoms with Gasteiger partial charge in [0.25, 0.3) is 10.1 Å². The second-order valence-corrected chi connectivity index (χ2v) is 4.59. The summed E-state index contributed by atoms with van der Waals surface area (Å²) in [6, 6.07) is 5.35. The number of anilines is 1. The molecule has 6 heteroatoms. The molecule has 0 heterocycles. The van der Waals surface area contributed by atoms with Gasteiger partial charge in [-0.3, -0.25) is 9.35 Å². The lowest BCUT2D eigenvalue weighted by molar-refractivity contribution is -0.117. The van der Waals surface area contributed by atoms with E-state index >= 15 is 0 Å². The smallest absolute Gasteiger partial charge is 0.294 e. The first kappa shape index (κ1) is 12.7. The van der Waals surface area contributed by atoms with Crippen LogP contribution in [0, 0.1) is 6.92 Å². The van der Waals surface area contributed by atoms with E-state index in [9.17, 15) is 13.2 Å². The molecule has 1 rings (SSSR count). The Morgan fingerprint density at radius 3 is 2.25 bits per heavy atom. The van der Waals surface area contributed by atoms with Gasteiger partial charge >= 0.3 is 0 Å². The van der Waals surface area contributed by atoms with Crippen molar-refractivity contribution < 1.29 is 17.8 Å². The van der Waals surface area contributed by atoms with Crippen molar-refractivity contribution in [3.63, 3.8) is 0 Å². The van der Waals surface area contributed by atoms with E-state index in [-0.39, 0.29) is 17.2 Å². The van der Waals surface area contributed by atoms with E-state index in [1.165, 1.54) is 29.2 Å². The lowest BCUT2D eigenvalue weighted by atomic mass is 10.3. The predicted octanol–water partition coefficient (Wildman–Crippen LogP) is 1.12. The normalized spacial score (nSPS) is 11.2. The standard InChI is InChI=1S/C10H12NO4S/c1-3-10(12)11(2)8-4-6-9(7-5-8)16(13,14)15/h4-7H,1,3H2,2H3,(H,13,14,15). The van der Waals surface area contributed by atoms with Crippen LogP contribution in [0.3, 0.4) is 0 Å². The fraction of sp³-hybridized carbons (Fsp3) is 0.200. The average Bonchev–Trinajstić information content (AvgIpc) is 2.26. The maximum atomic E-state index is 11.3. The van der Waals surface area contributed by atoms with Crippen LogP contribution in [0.15, 0.2) is 29.2 Å². The van der Waals surface area contributed by atoms with Crippen molar-refractivity contribution in [3.8, 4) is 0 Å². The van der Waals surface area contributed by atoms with Crippen molar-refractivity contribution in [3.05, 3.63) is 31.2 Å². The van der Waals surface area contributed by atoms with Gasteiger partial charge in [0.15, 0.2) is 0 Å². The van der Waals surface area contributed by atoms with Gasteiger partial charge in [0.2, 0.25) is 5.91 Å². The van der Waals surface area contributed by atoms with Gasteiger partial charge in [-0.25, -0.2) is 0 Å². The number of hydrogen-bond donors (Lipinski definition) is 1. The summed E-state index contributed by atoms with van der Waals surface area (Å²) in [7, 11) is -2.62. The Labute approximate surface area is 94.4 Å². The van der Waals surface area contributed by atoms with Crippen LogP contribution in [0.1, 0.15) is 6.42 Å². The highest BCUT2D eigenvalue weighted by molar-refractivity contribution is 7.85. The number of nitrogens with zero attached hydrogens (tertiary/aromatic N) is 1. The van der Waals surface area contributed by atoms with Crippen LogP contribution in [0.2, 0.25) is 0 Å². The van der Waals surface area contributed by atoms with Crippen LogP contribution >= 0.6 is 0 Å². The Morgan fingerprint density at radius 1 is 1.38 bits per heavy atom. The minimum Gasteiger partial charge on any atom is -0.316 e. The minimum atomic E-state index is -4.19. The number of amides is 1. The van der Waals surface area contributed by atoms with Crippen molar-refractivity contribution in [2.75, 3.05) is 11.9 Å². The molecule has 0 aromatic heterocycles. The molecule has 0 saturated heterocycles. The molecule has 1 radical (unpaired) electrons. The molecule has 0 atom stereocenters. The molecule has 0 bridgehead atoms. The zero-order valence-electron chi connectivity index (χ0n) is 8.75. The number of hydrogen-bond acceptors (Lipinski definition) is 3. The fourth-order valence-electron chi connectivity index (χ4n) is 1.15. The first-order valence-electron chi connectivity index (χ1n) is 4.49. The van der Waals surface area contributed by atoms with Crippen molar-refractivity contribution in [2.45, 2.75) is 11.3 Å². The van der Waals surface area contributed by atoms with E-state index in [4.69, 9.17) is 4.55 Å². The monoisotopic (exact) mass is 242 g/mol. The second-order valence-electron chi connectivity index (χ2n) is 3.17. The number of rotatable bonds is 3. The molecule has 1 amide bonds. The Kier molecular flexibility index (Phi) is 3.66. The van der Waals surface area contributed by atoms with Crippen LogP contribution in [-0.4, -0.2) is 25.9 Å². The topological polar surface area (TPSA) is 74.7 Å². The highest BCUT2D eigenvalue weighted by atomic mass is 32.2. The fourth-order valence-corrected chi connectivity index (χ4v) is 1.63. The molecule has 16 heavy (non-hydrogen) atoms. The molecule has 0 fully saturated rings. The first-order chi connectivity index (χ1) is 7.36. The number of carbonyl (C=O) groups excluding carboxylic acids is 1. The van der Waals surface area contributed by atoms with Crippen LogP contribution < -0.4 is 4.90 Å². The molecule has 5 nitrogen and oxygen atoms in total. The van der Waals surface area contributed by atoms with Crippen molar-refractivity contribution >= 4 is 21.7 Å². The van der Waals surface area contributed by atoms with Gasteiger partial charge in [-0.2, -0.15) is 8.42 Å². The molecule has 87 valence electrons. The molecule has 0 spiro atoms. The molecule has 0 aliphatic heterocycles. The van der Waals surface area contributed by atoms with Gasteiger partial charge < -0.3 is 4.90 Å². The van der Waals surface area contributed by atoms with E-state index in [0.29, 0.717) is 5.69 Å². The second kappa shape index (κ2) is 4.63. The zero-order valence-corrected chi connectivity index (χ0v) is 9.57. The van der Waals surface area contributed by atoms with Crippen LogP contribution in [-0.2, 0) is 14.9 Å². The third-order valence-corrected chi connectivity index (χ3v) is 2.98. The third kappa shape index (κ3) is 2.80. The van der Waals surface area contributed by atoms with Crippen LogP contribution in [0.4, 0.5) is 5.69 Å². The summed E-state index contributed by atoms with van der Waals surface area (Å²) in [5, 5.41) is 0. The van der Waals surface area contributed by atoms with Gasteiger partial charge in [-0.05, 0) is 31.2 Å². The Morgan fingerprint density at radius 2 is 1.88 bits per heavy atom. The van der Waals surface area contributed by atoms with Crippen molar-refractivity contribution in [1.29, 1.82) is 0 Å². The quantitative estimate of drug-likeness (QED) is 0.806. The molecule has 1 N–H and O–H groups in total. The van der Waals surface area contributed by atoms with Gasteiger partial charge in [-0.1, -0.05) is 0 Å². The lowest BCUT2D eigenvalue weighted by Gasteiger charge is -2.16. The summed E-state index contributed by atoms with van der Waals surface area (Å²) in [6.45, 7) is 3.46. The van der Waals surface area contributed by atoms with Gasteiger partial charge in [0.05, 0.1) is 4.90 Å². The van der Waals surface area contributed by atoms with Gasteiger partial charge in [-0.15, -0.1) is 0 Å². The Balaban J connectivity index is 3.00. The van der Waals surface area contributed by atoms with E-state index in [1.807, 2.05) is 0 Å². The number of benzene rings is 1. The summed E-state index contributed by atoms with van der Waals surface area (Å²) in [5.74, 6) is -0.181. The molecule has 0 aliphatic carbocycles. The molecule has 0 saturated carbocycles. The van der Waals surface area contributed by atoms with E-state index in [0.717, 1.165) is 0 Å². The average molecular weight is 242 g/mol. The summed E-state index contributed by atoms with van der Waals surface area (Å²) >= 11 is 0. The first-order valence-corrected chi connectivity index (χ1v) is 5.93. The lowest BCUT2D eigenvalue weighted by Crippen LogP contribution is -2.25. The van der Waals surface area contributed by atoms with E-state index < -0.39 is 10.1 Å². The number of carbonyl (C=O) groups is 1. The molecule has 1 aromatic carbocycles. The maximum absolute atomic E-state index is 11.3. The third-order valence-electron chi connectivity index (χ3n) is 2.11. The molecular weight excluding hydrogens is 230 g/mol. The van der Waals surface area contributed by atoms with E-state index in [1.54, 1.807) is 7.05 Å². The Hall–Kier alpha value is -1.40. The van der Waals surface area contributed by atoms with Crippen LogP contribution in [0.5, 0.6) is 0 Å². The maximum Gasteiger partial charge on any atom is 0.294 e. The Bertz CT molecular complexity index is 478. The molecular formula is C10H12NO4S. The molecule has 1 aromatic rings. The van der Waals surface area contributed by atoms with E-state index in [2.05, 4.69) is 6.92 Å².